The highest BCUT2D eigenvalue weighted by molar-refractivity contribution is 5.34. The monoisotopic (exact) mass is 242 g/mol. The van der Waals surface area contributed by atoms with Crippen LogP contribution < -0.4 is 0 Å². The summed E-state index contributed by atoms with van der Waals surface area (Å²) in [5.74, 6) is -0.836. The van der Waals surface area contributed by atoms with E-state index in [1.54, 1.807) is 7.05 Å². The second-order valence-corrected chi connectivity index (χ2v) is 3.99. The Kier molecular flexibility index (Phi) is 4.53. The van der Waals surface area contributed by atoms with E-state index in [2.05, 4.69) is 0 Å². The number of aliphatic hydroxyl groups excluding tert-OH is 1. The van der Waals surface area contributed by atoms with Gasteiger partial charge in [0.15, 0.2) is 0 Å². The minimum Gasteiger partial charge on any atom is -0.395 e. The Bertz CT molecular complexity index is 412. The van der Waals surface area contributed by atoms with Crippen molar-refractivity contribution < 1.29 is 14.4 Å². The van der Waals surface area contributed by atoms with Crippen LogP contribution in [0.15, 0.2) is 18.2 Å². The lowest BCUT2D eigenvalue weighted by molar-refractivity contribution is -0.387. The van der Waals surface area contributed by atoms with Crippen LogP contribution in [0.2, 0.25) is 0 Å². The molecule has 0 amide bonds. The van der Waals surface area contributed by atoms with Gasteiger partial charge in [0.25, 0.3) is 0 Å². The lowest BCUT2D eigenvalue weighted by Gasteiger charge is -2.22. The maximum atomic E-state index is 13.3. The van der Waals surface area contributed by atoms with Crippen LogP contribution in [0.25, 0.3) is 0 Å². The molecule has 5 nitrogen and oxygen atoms in total. The second-order valence-electron chi connectivity index (χ2n) is 3.99. The minimum atomic E-state index is -0.836. The van der Waals surface area contributed by atoms with E-state index in [-0.39, 0.29) is 12.6 Å². The van der Waals surface area contributed by atoms with Gasteiger partial charge in [-0.25, -0.2) is 0 Å². The molecule has 0 saturated heterocycles. The summed E-state index contributed by atoms with van der Waals surface area (Å²) in [4.78, 5) is 11.5. The molecule has 1 atom stereocenters. The molecular weight excluding hydrogens is 227 g/mol. The van der Waals surface area contributed by atoms with Crippen LogP contribution in [0, 0.1) is 15.9 Å². The van der Waals surface area contributed by atoms with Crippen LogP contribution in [0.1, 0.15) is 12.5 Å². The van der Waals surface area contributed by atoms with E-state index in [4.69, 9.17) is 5.11 Å². The number of nitro benzene ring substituents is 1. The fourth-order valence-electron chi connectivity index (χ4n) is 1.38. The maximum Gasteiger partial charge on any atom is 0.304 e. The van der Waals surface area contributed by atoms with Crippen molar-refractivity contribution in [3.8, 4) is 0 Å². The van der Waals surface area contributed by atoms with E-state index < -0.39 is 16.4 Å². The molecule has 0 aliphatic heterocycles. The van der Waals surface area contributed by atoms with E-state index in [1.165, 1.54) is 6.07 Å². The largest absolute Gasteiger partial charge is 0.395 e. The molecule has 1 rings (SSSR count). The van der Waals surface area contributed by atoms with Crippen molar-refractivity contribution in [1.82, 2.24) is 4.90 Å². The van der Waals surface area contributed by atoms with Crippen molar-refractivity contribution in [2.75, 3.05) is 13.7 Å². The van der Waals surface area contributed by atoms with Crippen molar-refractivity contribution in [2.45, 2.75) is 19.5 Å². The normalized spacial score (nSPS) is 12.8. The molecule has 17 heavy (non-hydrogen) atoms. The van der Waals surface area contributed by atoms with Gasteiger partial charge >= 0.3 is 5.69 Å². The molecule has 6 heteroatoms. The summed E-state index contributed by atoms with van der Waals surface area (Å²) in [6, 6.07) is 3.77. The topological polar surface area (TPSA) is 66.6 Å². The van der Waals surface area contributed by atoms with E-state index in [0.717, 1.165) is 12.1 Å². The SMILES string of the molecule is CC(CO)N(C)Cc1ccc([N+](=O)[O-])c(F)c1. The molecule has 94 valence electrons. The number of hydrogen-bond acceptors (Lipinski definition) is 4. The van der Waals surface area contributed by atoms with E-state index in [0.29, 0.717) is 12.1 Å². The van der Waals surface area contributed by atoms with Crippen molar-refractivity contribution in [3.05, 3.63) is 39.7 Å². The van der Waals surface area contributed by atoms with Gasteiger partial charge in [-0.1, -0.05) is 6.07 Å². The van der Waals surface area contributed by atoms with Gasteiger partial charge in [-0.3, -0.25) is 15.0 Å². The molecule has 0 aromatic heterocycles. The summed E-state index contributed by atoms with van der Waals surface area (Å²) in [5.41, 5.74) is 0.113. The zero-order chi connectivity index (χ0) is 13.0. The first-order valence-electron chi connectivity index (χ1n) is 5.19. The molecule has 0 heterocycles. The molecule has 1 N–H and O–H groups in total. The predicted molar refractivity (Wildman–Crippen MR) is 61.1 cm³/mol. The molecule has 0 fully saturated rings. The van der Waals surface area contributed by atoms with Gasteiger partial charge in [-0.05, 0) is 25.6 Å². The Labute approximate surface area is 98.6 Å². The highest BCUT2D eigenvalue weighted by atomic mass is 19.1. The van der Waals surface area contributed by atoms with Gasteiger partial charge in [0.05, 0.1) is 11.5 Å². The van der Waals surface area contributed by atoms with Crippen molar-refractivity contribution >= 4 is 5.69 Å². The highest BCUT2D eigenvalue weighted by Crippen LogP contribution is 2.19. The third kappa shape index (κ3) is 3.47. The van der Waals surface area contributed by atoms with Crippen LogP contribution >= 0.6 is 0 Å². The smallest absolute Gasteiger partial charge is 0.304 e. The van der Waals surface area contributed by atoms with Crippen LogP contribution in [-0.2, 0) is 6.54 Å². The van der Waals surface area contributed by atoms with Crippen molar-refractivity contribution in [3.63, 3.8) is 0 Å². The molecule has 1 aromatic rings. The molecule has 0 radical (unpaired) electrons. The van der Waals surface area contributed by atoms with Crippen molar-refractivity contribution in [1.29, 1.82) is 0 Å². The van der Waals surface area contributed by atoms with E-state index in [1.807, 2.05) is 11.8 Å². The lowest BCUT2D eigenvalue weighted by atomic mass is 10.1. The summed E-state index contributed by atoms with van der Waals surface area (Å²) in [6.07, 6.45) is 0. The first-order chi connectivity index (χ1) is 7.95. The van der Waals surface area contributed by atoms with Crippen LogP contribution in [-0.4, -0.2) is 34.6 Å². The summed E-state index contributed by atoms with van der Waals surface area (Å²) in [5, 5.41) is 19.4. The molecule has 0 spiro atoms. The predicted octanol–water partition coefficient (Wildman–Crippen LogP) is 1.55. The van der Waals surface area contributed by atoms with Crippen LogP contribution in [0.5, 0.6) is 0 Å². The average Bonchev–Trinajstić information content (AvgIpc) is 2.27. The Morgan fingerprint density at radius 3 is 2.71 bits per heavy atom. The van der Waals surface area contributed by atoms with Crippen molar-refractivity contribution in [2.24, 2.45) is 0 Å². The molecule has 1 unspecified atom stereocenters. The molecule has 0 aliphatic rings. The number of benzene rings is 1. The number of halogens is 1. The van der Waals surface area contributed by atoms with E-state index >= 15 is 0 Å². The summed E-state index contributed by atoms with van der Waals surface area (Å²) < 4.78 is 13.3. The number of nitrogens with zero attached hydrogens (tertiary/aromatic N) is 2. The number of rotatable bonds is 5. The van der Waals surface area contributed by atoms with Gasteiger partial charge in [-0.15, -0.1) is 0 Å². The van der Waals surface area contributed by atoms with Gasteiger partial charge in [0.1, 0.15) is 0 Å². The first-order valence-corrected chi connectivity index (χ1v) is 5.19. The number of nitro groups is 1. The standard InChI is InChI=1S/C11H15FN2O3/c1-8(7-15)13(2)6-9-3-4-11(14(16)17)10(12)5-9/h3-5,8,15H,6-7H2,1-2H3. The van der Waals surface area contributed by atoms with E-state index in [9.17, 15) is 14.5 Å². The number of hydrogen-bond donors (Lipinski definition) is 1. The van der Waals surface area contributed by atoms with Gasteiger partial charge < -0.3 is 5.11 Å². The molecule has 0 aliphatic carbocycles. The summed E-state index contributed by atoms with van der Waals surface area (Å²) in [6.45, 7) is 2.27. The quantitative estimate of drug-likeness (QED) is 0.628. The molecule has 1 aromatic carbocycles. The number of aliphatic hydroxyl groups is 1. The Morgan fingerprint density at radius 1 is 1.59 bits per heavy atom. The van der Waals surface area contributed by atoms with Crippen LogP contribution in [0.3, 0.4) is 0 Å². The lowest BCUT2D eigenvalue weighted by Crippen LogP contribution is -2.31. The first kappa shape index (κ1) is 13.5. The highest BCUT2D eigenvalue weighted by Gasteiger charge is 2.15. The number of likely N-dealkylation sites (N-methyl/N-ethyl adjacent to an activating group) is 1. The second kappa shape index (κ2) is 5.70. The zero-order valence-electron chi connectivity index (χ0n) is 9.76. The Hall–Kier alpha value is -1.53. The minimum absolute atomic E-state index is 0.00592. The Morgan fingerprint density at radius 2 is 2.24 bits per heavy atom. The maximum absolute atomic E-state index is 13.3. The molecule has 0 saturated carbocycles. The summed E-state index contributed by atoms with van der Waals surface area (Å²) >= 11 is 0. The molecule has 0 bridgehead atoms. The third-order valence-corrected chi connectivity index (χ3v) is 2.66. The zero-order valence-corrected chi connectivity index (χ0v) is 9.76. The van der Waals surface area contributed by atoms with Gasteiger partial charge in [0, 0.05) is 18.7 Å². The summed E-state index contributed by atoms with van der Waals surface area (Å²) in [7, 11) is 1.79. The van der Waals surface area contributed by atoms with Gasteiger partial charge in [-0.2, -0.15) is 4.39 Å². The fraction of sp³-hybridized carbons (Fsp3) is 0.455. The van der Waals surface area contributed by atoms with Crippen LogP contribution in [0.4, 0.5) is 10.1 Å². The third-order valence-electron chi connectivity index (χ3n) is 2.66. The van der Waals surface area contributed by atoms with Gasteiger partial charge in [0.2, 0.25) is 5.82 Å². The average molecular weight is 242 g/mol. The molecular formula is C11H15FN2O3. The Balaban J connectivity index is 2.81. The fourth-order valence-corrected chi connectivity index (χ4v) is 1.38.